The number of carbonyl (C=O) groups is 1. The Hall–Kier alpha value is -2.42. The second-order valence-corrected chi connectivity index (χ2v) is 9.46. The first-order valence-electron chi connectivity index (χ1n) is 9.70. The molecule has 1 unspecified atom stereocenters. The second-order valence-electron chi connectivity index (χ2n) is 7.81. The summed E-state index contributed by atoms with van der Waals surface area (Å²) in [6.07, 6.45) is 1.62. The molecule has 0 aromatic heterocycles. The van der Waals surface area contributed by atoms with Gasteiger partial charge in [0, 0.05) is 25.7 Å². The Morgan fingerprint density at radius 2 is 1.97 bits per heavy atom. The molecule has 0 bridgehead atoms. The maximum atomic E-state index is 12.9. The molecule has 1 saturated heterocycles. The predicted octanol–water partition coefficient (Wildman–Crippen LogP) is 2.35. The Bertz CT molecular complexity index is 1010. The van der Waals surface area contributed by atoms with Crippen LogP contribution in [-0.4, -0.2) is 44.5 Å². The van der Waals surface area contributed by atoms with Crippen molar-refractivity contribution in [3.63, 3.8) is 0 Å². The highest BCUT2D eigenvalue weighted by molar-refractivity contribution is 7.89. The van der Waals surface area contributed by atoms with Gasteiger partial charge in [-0.05, 0) is 49.2 Å². The van der Waals surface area contributed by atoms with E-state index in [4.69, 9.17) is 4.74 Å². The van der Waals surface area contributed by atoms with Crippen LogP contribution in [0.4, 0.5) is 5.69 Å². The number of benzene rings is 2. The highest BCUT2D eigenvalue weighted by Crippen LogP contribution is 2.33. The molecule has 1 spiro atoms. The number of sulfonamides is 1. The maximum Gasteiger partial charge on any atom is 0.244 e. The second kappa shape index (κ2) is 7.78. The molecule has 2 aromatic rings. The topological polar surface area (TPSA) is 87.7 Å². The third-order valence-corrected chi connectivity index (χ3v) is 6.95. The number of hydrogen-bond donors (Lipinski definition) is 2. The number of piperidine rings is 1. The summed E-state index contributed by atoms with van der Waals surface area (Å²) in [5.41, 5.74) is 1.22. The van der Waals surface area contributed by atoms with Gasteiger partial charge < -0.3 is 10.1 Å². The highest BCUT2D eigenvalue weighted by Gasteiger charge is 2.42. The van der Waals surface area contributed by atoms with Gasteiger partial charge in [0.05, 0.1) is 5.54 Å². The van der Waals surface area contributed by atoms with Gasteiger partial charge in [-0.1, -0.05) is 24.3 Å². The SMILES string of the molecule is CC(=O)Nc1ccc(CN2CCCC3(COc4ccccc4S(=O)(=O)N3)C2)cc1. The Morgan fingerprint density at radius 1 is 1.21 bits per heavy atom. The Kier molecular flexibility index (Phi) is 5.33. The van der Waals surface area contributed by atoms with E-state index in [0.29, 0.717) is 25.4 Å². The number of rotatable bonds is 3. The van der Waals surface area contributed by atoms with Crippen LogP contribution in [0.2, 0.25) is 0 Å². The van der Waals surface area contributed by atoms with Crippen molar-refractivity contribution < 1.29 is 17.9 Å². The number of ether oxygens (including phenoxy) is 1. The zero-order valence-corrected chi connectivity index (χ0v) is 17.2. The number of fused-ring (bicyclic) bond motifs is 1. The number of nitrogens with zero attached hydrogens (tertiary/aromatic N) is 1. The fourth-order valence-corrected chi connectivity index (χ4v) is 5.65. The van der Waals surface area contributed by atoms with Crippen molar-refractivity contribution in [2.24, 2.45) is 0 Å². The smallest absolute Gasteiger partial charge is 0.244 e. The lowest BCUT2D eigenvalue weighted by atomic mass is 9.90. The average molecular weight is 416 g/mol. The van der Waals surface area contributed by atoms with Gasteiger partial charge in [0.25, 0.3) is 0 Å². The fourth-order valence-electron chi connectivity index (χ4n) is 4.10. The molecular formula is C21H25N3O4S. The van der Waals surface area contributed by atoms with Crippen LogP contribution in [0.5, 0.6) is 5.75 Å². The molecule has 29 heavy (non-hydrogen) atoms. The minimum atomic E-state index is -3.64. The zero-order valence-electron chi connectivity index (χ0n) is 16.3. The molecule has 2 heterocycles. The number of nitrogens with one attached hydrogen (secondary N) is 2. The molecule has 2 aromatic carbocycles. The van der Waals surface area contributed by atoms with E-state index in [1.807, 2.05) is 24.3 Å². The predicted molar refractivity (Wildman–Crippen MR) is 110 cm³/mol. The average Bonchev–Trinajstić information content (AvgIpc) is 2.78. The van der Waals surface area contributed by atoms with Gasteiger partial charge in [-0.15, -0.1) is 0 Å². The highest BCUT2D eigenvalue weighted by atomic mass is 32.2. The van der Waals surface area contributed by atoms with E-state index in [-0.39, 0.29) is 10.8 Å². The molecule has 1 atom stereocenters. The molecule has 0 radical (unpaired) electrons. The number of carbonyl (C=O) groups excluding carboxylic acids is 1. The summed E-state index contributed by atoms with van der Waals surface area (Å²) in [7, 11) is -3.64. The van der Waals surface area contributed by atoms with Crippen molar-refractivity contribution in [3.05, 3.63) is 54.1 Å². The van der Waals surface area contributed by atoms with E-state index < -0.39 is 15.6 Å². The van der Waals surface area contributed by atoms with Crippen molar-refractivity contribution in [2.45, 2.75) is 36.7 Å². The number of anilines is 1. The lowest BCUT2D eigenvalue weighted by Crippen LogP contribution is -2.60. The van der Waals surface area contributed by atoms with E-state index in [1.54, 1.807) is 24.3 Å². The molecule has 4 rings (SSSR count). The number of amides is 1. The summed E-state index contributed by atoms with van der Waals surface area (Å²) in [5.74, 6) is 0.305. The van der Waals surface area contributed by atoms with Gasteiger partial charge in [0.2, 0.25) is 15.9 Å². The zero-order chi connectivity index (χ0) is 20.5. The molecular weight excluding hydrogens is 390 g/mol. The molecule has 154 valence electrons. The molecule has 7 nitrogen and oxygen atoms in total. The van der Waals surface area contributed by atoms with E-state index in [1.165, 1.54) is 6.92 Å². The lowest BCUT2D eigenvalue weighted by Gasteiger charge is -2.41. The molecule has 1 fully saturated rings. The lowest BCUT2D eigenvalue weighted by molar-refractivity contribution is -0.114. The number of hydrogen-bond acceptors (Lipinski definition) is 5. The molecule has 1 amide bonds. The molecule has 2 N–H and O–H groups in total. The molecule has 0 saturated carbocycles. The van der Waals surface area contributed by atoms with Gasteiger partial charge in [-0.25, -0.2) is 13.1 Å². The van der Waals surface area contributed by atoms with Crippen molar-refractivity contribution in [1.29, 1.82) is 0 Å². The summed E-state index contributed by atoms with van der Waals surface area (Å²) < 4.78 is 34.7. The summed E-state index contributed by atoms with van der Waals surface area (Å²) in [4.78, 5) is 13.6. The monoisotopic (exact) mass is 415 g/mol. The number of likely N-dealkylation sites (tertiary alicyclic amines) is 1. The minimum absolute atomic E-state index is 0.0997. The van der Waals surface area contributed by atoms with Crippen LogP contribution in [-0.2, 0) is 21.4 Å². The normalized spacial score (nSPS) is 23.6. The summed E-state index contributed by atoms with van der Waals surface area (Å²) >= 11 is 0. The van der Waals surface area contributed by atoms with E-state index in [9.17, 15) is 13.2 Å². The van der Waals surface area contributed by atoms with E-state index >= 15 is 0 Å². The van der Waals surface area contributed by atoms with Gasteiger partial charge in [0.15, 0.2) is 0 Å². The van der Waals surface area contributed by atoms with Gasteiger partial charge in [-0.3, -0.25) is 9.69 Å². The largest absolute Gasteiger partial charge is 0.490 e. The first-order valence-corrected chi connectivity index (χ1v) is 11.2. The Morgan fingerprint density at radius 3 is 2.72 bits per heavy atom. The first kappa shape index (κ1) is 19.9. The minimum Gasteiger partial charge on any atom is -0.490 e. The first-order chi connectivity index (χ1) is 13.9. The van der Waals surface area contributed by atoms with Crippen LogP contribution in [0.25, 0.3) is 0 Å². The van der Waals surface area contributed by atoms with Crippen molar-refractivity contribution >= 4 is 21.6 Å². The van der Waals surface area contributed by atoms with Gasteiger partial charge in [0.1, 0.15) is 17.3 Å². The standard InChI is InChI=1S/C21H25N3O4S/c1-16(25)22-18-9-7-17(8-10-18)13-24-12-4-11-21(14-24)15-28-19-5-2-3-6-20(19)29(26,27)23-21/h2-3,5-10,23H,4,11-15H2,1H3,(H,22,25). The number of para-hydroxylation sites is 1. The third kappa shape index (κ3) is 4.44. The van der Waals surface area contributed by atoms with Crippen molar-refractivity contribution in [3.8, 4) is 5.75 Å². The van der Waals surface area contributed by atoms with Crippen LogP contribution in [0, 0.1) is 0 Å². The summed E-state index contributed by atoms with van der Waals surface area (Å²) in [6, 6.07) is 14.5. The van der Waals surface area contributed by atoms with E-state index in [0.717, 1.165) is 30.6 Å². The van der Waals surface area contributed by atoms with Gasteiger partial charge >= 0.3 is 0 Å². The summed E-state index contributed by atoms with van der Waals surface area (Å²) in [5, 5.41) is 2.76. The van der Waals surface area contributed by atoms with Gasteiger partial charge in [-0.2, -0.15) is 0 Å². The molecule has 2 aliphatic heterocycles. The molecule has 0 aliphatic carbocycles. The van der Waals surface area contributed by atoms with Crippen LogP contribution >= 0.6 is 0 Å². The van der Waals surface area contributed by atoms with Crippen LogP contribution in [0.3, 0.4) is 0 Å². The maximum absolute atomic E-state index is 12.9. The quantitative estimate of drug-likeness (QED) is 0.804. The van der Waals surface area contributed by atoms with E-state index in [2.05, 4.69) is 14.9 Å². The van der Waals surface area contributed by atoms with Crippen molar-refractivity contribution in [2.75, 3.05) is 25.0 Å². The molecule has 2 aliphatic rings. The Labute approximate surface area is 171 Å². The third-order valence-electron chi connectivity index (χ3n) is 5.33. The van der Waals surface area contributed by atoms with Crippen molar-refractivity contribution in [1.82, 2.24) is 9.62 Å². The van der Waals surface area contributed by atoms with Crippen LogP contribution in [0.1, 0.15) is 25.3 Å². The summed E-state index contributed by atoms with van der Waals surface area (Å²) in [6.45, 7) is 3.96. The van der Waals surface area contributed by atoms with Crippen LogP contribution in [0.15, 0.2) is 53.4 Å². The fraction of sp³-hybridized carbons (Fsp3) is 0.381. The molecule has 8 heteroatoms. The Balaban J connectivity index is 1.49. The van der Waals surface area contributed by atoms with Crippen LogP contribution < -0.4 is 14.8 Å².